The minimum atomic E-state index is -0.113. The average molecular weight is 529 g/mol. The molecular formula is C25H41IN2O2. The maximum atomic E-state index is 13.2. The quantitative estimate of drug-likeness (QED) is 0.391. The van der Waals surface area contributed by atoms with Crippen molar-refractivity contribution < 1.29 is 38.0 Å². The van der Waals surface area contributed by atoms with Crippen molar-refractivity contribution in [2.45, 2.75) is 58.9 Å². The summed E-state index contributed by atoms with van der Waals surface area (Å²) >= 11 is 0. The fourth-order valence-corrected chi connectivity index (χ4v) is 4.72. The number of halogens is 1. The molecule has 4 nitrogen and oxygen atoms in total. The van der Waals surface area contributed by atoms with Crippen molar-refractivity contribution in [3.63, 3.8) is 0 Å². The molecule has 0 saturated heterocycles. The number of rotatable bonds is 9. The molecular weight excluding hydrogens is 487 g/mol. The van der Waals surface area contributed by atoms with Crippen molar-refractivity contribution in [2.75, 3.05) is 27.7 Å². The molecule has 5 heteroatoms. The zero-order valence-corrected chi connectivity index (χ0v) is 21.8. The van der Waals surface area contributed by atoms with E-state index in [1.807, 2.05) is 51.5 Å². The van der Waals surface area contributed by atoms with Gasteiger partial charge in [-0.25, -0.2) is 0 Å². The molecule has 1 aliphatic carbocycles. The molecule has 1 fully saturated rings. The van der Waals surface area contributed by atoms with Gasteiger partial charge in [-0.05, 0) is 42.6 Å². The number of nitrogens with one attached hydrogen (secondary N) is 1. The predicted molar refractivity (Wildman–Crippen MR) is 119 cm³/mol. The molecule has 0 aliphatic heterocycles. The Labute approximate surface area is 200 Å². The van der Waals surface area contributed by atoms with E-state index < -0.39 is 0 Å². The first-order valence-electron chi connectivity index (χ1n) is 11.2. The SMILES string of the molecule is CC(C)[C@@H]1CC[C@@H](C)C[C@H]1C(=O)CC[C@@H](NC(=O)C[N+](C)(C)C)c1ccccc1.[I-]. The molecule has 4 atom stereocenters. The highest BCUT2D eigenvalue weighted by Gasteiger charge is 2.35. The van der Waals surface area contributed by atoms with Gasteiger partial charge in [0, 0.05) is 12.3 Å². The number of nitrogens with zero attached hydrogens (tertiary/aromatic N) is 1. The number of ketones is 1. The number of carbonyl (C=O) groups excluding carboxylic acids is 2. The molecule has 30 heavy (non-hydrogen) atoms. The van der Waals surface area contributed by atoms with Crippen LogP contribution in [0.1, 0.15) is 64.5 Å². The van der Waals surface area contributed by atoms with E-state index in [-0.39, 0.29) is 41.8 Å². The van der Waals surface area contributed by atoms with Gasteiger partial charge in [0.2, 0.25) is 0 Å². The molecule has 2 rings (SSSR count). The lowest BCUT2D eigenvalue weighted by molar-refractivity contribution is -0.862. The molecule has 0 unspecified atom stereocenters. The van der Waals surface area contributed by atoms with Crippen molar-refractivity contribution in [2.24, 2.45) is 23.7 Å². The Hall–Kier alpha value is -0.950. The first-order valence-corrected chi connectivity index (χ1v) is 11.2. The molecule has 1 amide bonds. The lowest BCUT2D eigenvalue weighted by atomic mass is 9.68. The van der Waals surface area contributed by atoms with Gasteiger partial charge in [0.25, 0.3) is 5.91 Å². The second kappa shape index (κ2) is 12.2. The van der Waals surface area contributed by atoms with Crippen LogP contribution in [0.25, 0.3) is 0 Å². The number of amides is 1. The van der Waals surface area contributed by atoms with E-state index in [0.29, 0.717) is 47.4 Å². The highest BCUT2D eigenvalue weighted by molar-refractivity contribution is 5.82. The van der Waals surface area contributed by atoms with Crippen molar-refractivity contribution in [1.29, 1.82) is 0 Å². The van der Waals surface area contributed by atoms with Gasteiger partial charge >= 0.3 is 0 Å². The molecule has 1 aliphatic rings. The molecule has 1 aromatic carbocycles. The van der Waals surface area contributed by atoms with Gasteiger partial charge < -0.3 is 33.8 Å². The van der Waals surface area contributed by atoms with Crippen molar-refractivity contribution in [3.05, 3.63) is 35.9 Å². The molecule has 0 aromatic heterocycles. The highest BCUT2D eigenvalue weighted by atomic mass is 127. The van der Waals surface area contributed by atoms with Gasteiger partial charge in [-0.1, -0.05) is 57.5 Å². The number of hydrogen-bond acceptors (Lipinski definition) is 2. The fourth-order valence-electron chi connectivity index (χ4n) is 4.72. The Morgan fingerprint density at radius 3 is 2.30 bits per heavy atom. The Kier molecular flexibility index (Phi) is 11.0. The summed E-state index contributed by atoms with van der Waals surface area (Å²) in [7, 11) is 6.03. The van der Waals surface area contributed by atoms with E-state index in [2.05, 4.69) is 26.1 Å². The lowest BCUT2D eigenvalue weighted by Crippen LogP contribution is -3.00. The third kappa shape index (κ3) is 8.66. The summed E-state index contributed by atoms with van der Waals surface area (Å²) in [6.07, 6.45) is 4.62. The highest BCUT2D eigenvalue weighted by Crippen LogP contribution is 2.39. The van der Waals surface area contributed by atoms with E-state index in [1.54, 1.807) is 0 Å². The Bertz CT molecular complexity index is 669. The summed E-state index contributed by atoms with van der Waals surface area (Å²) in [5.41, 5.74) is 1.08. The van der Waals surface area contributed by atoms with Crippen LogP contribution in [0.5, 0.6) is 0 Å². The molecule has 0 spiro atoms. The number of benzene rings is 1. The van der Waals surface area contributed by atoms with Crippen LogP contribution in [-0.2, 0) is 9.59 Å². The average Bonchev–Trinajstić information content (AvgIpc) is 2.63. The summed E-state index contributed by atoms with van der Waals surface area (Å²) in [6, 6.07) is 9.94. The summed E-state index contributed by atoms with van der Waals surface area (Å²) in [4.78, 5) is 25.8. The molecule has 0 radical (unpaired) electrons. The fraction of sp³-hybridized carbons (Fsp3) is 0.680. The predicted octanol–water partition coefficient (Wildman–Crippen LogP) is 1.61. The number of Topliss-reactive ketones (excluding diaryl/α,β-unsaturated/α-hetero) is 1. The van der Waals surface area contributed by atoms with E-state index in [1.165, 1.54) is 6.42 Å². The van der Waals surface area contributed by atoms with Crippen molar-refractivity contribution >= 4 is 11.7 Å². The number of carbonyl (C=O) groups is 2. The molecule has 0 bridgehead atoms. The Morgan fingerprint density at radius 1 is 1.10 bits per heavy atom. The van der Waals surface area contributed by atoms with Gasteiger partial charge in [-0.3, -0.25) is 9.59 Å². The number of hydrogen-bond donors (Lipinski definition) is 1. The van der Waals surface area contributed by atoms with Crippen LogP contribution < -0.4 is 29.3 Å². The summed E-state index contributed by atoms with van der Waals surface area (Å²) < 4.78 is 0.586. The first kappa shape index (κ1) is 27.1. The summed E-state index contributed by atoms with van der Waals surface area (Å²) in [6.45, 7) is 7.19. The van der Waals surface area contributed by atoms with Crippen LogP contribution in [0.15, 0.2) is 30.3 Å². The maximum Gasteiger partial charge on any atom is 0.275 e. The van der Waals surface area contributed by atoms with Crippen LogP contribution in [0.4, 0.5) is 0 Å². The van der Waals surface area contributed by atoms with Crippen molar-refractivity contribution in [3.8, 4) is 0 Å². The molecule has 1 N–H and O–H groups in total. The topological polar surface area (TPSA) is 46.2 Å². The maximum absolute atomic E-state index is 13.2. The minimum Gasteiger partial charge on any atom is -1.00 e. The normalized spacial score (nSPS) is 22.8. The first-order chi connectivity index (χ1) is 13.6. The monoisotopic (exact) mass is 528 g/mol. The van der Waals surface area contributed by atoms with Crippen LogP contribution in [-0.4, -0.2) is 43.9 Å². The van der Waals surface area contributed by atoms with Gasteiger partial charge in [-0.2, -0.15) is 0 Å². The number of likely N-dealkylation sites (N-methyl/N-ethyl adjacent to an activating group) is 1. The van der Waals surface area contributed by atoms with E-state index in [4.69, 9.17) is 0 Å². The third-order valence-corrected chi connectivity index (χ3v) is 6.27. The molecule has 0 heterocycles. The van der Waals surface area contributed by atoms with Gasteiger partial charge in [-0.15, -0.1) is 0 Å². The smallest absolute Gasteiger partial charge is 0.275 e. The molecule has 1 aromatic rings. The van der Waals surface area contributed by atoms with Crippen LogP contribution in [0.2, 0.25) is 0 Å². The standard InChI is InChI=1S/C25H40N2O2.HI/c1-18(2)21-13-12-19(3)16-22(21)24(28)15-14-23(20-10-8-7-9-11-20)26-25(29)17-27(4,5)6;/h7-11,18-19,21-23H,12-17H2,1-6H3;1H/t19-,21+,22-,23-;/m1./s1. The summed E-state index contributed by atoms with van der Waals surface area (Å²) in [5.74, 6) is 2.28. The third-order valence-electron chi connectivity index (χ3n) is 6.27. The Balaban J connectivity index is 0.00000450. The van der Waals surface area contributed by atoms with Gasteiger partial charge in [0.15, 0.2) is 6.54 Å². The lowest BCUT2D eigenvalue weighted by Gasteiger charge is -2.36. The second-order valence-electron chi connectivity index (χ2n) is 10.4. The van der Waals surface area contributed by atoms with E-state index in [0.717, 1.165) is 18.4 Å². The molecule has 170 valence electrons. The second-order valence-corrected chi connectivity index (χ2v) is 10.4. The van der Waals surface area contributed by atoms with Gasteiger partial charge in [0.1, 0.15) is 5.78 Å². The number of quaternary nitrogens is 1. The van der Waals surface area contributed by atoms with Crippen LogP contribution >= 0.6 is 0 Å². The van der Waals surface area contributed by atoms with Crippen LogP contribution in [0.3, 0.4) is 0 Å². The van der Waals surface area contributed by atoms with E-state index in [9.17, 15) is 9.59 Å². The van der Waals surface area contributed by atoms with Gasteiger partial charge in [0.05, 0.1) is 27.2 Å². The zero-order valence-electron chi connectivity index (χ0n) is 19.7. The summed E-state index contributed by atoms with van der Waals surface area (Å²) in [5, 5.41) is 3.18. The van der Waals surface area contributed by atoms with Crippen molar-refractivity contribution in [1.82, 2.24) is 5.32 Å². The van der Waals surface area contributed by atoms with Crippen LogP contribution in [0, 0.1) is 23.7 Å². The zero-order chi connectivity index (χ0) is 21.6. The largest absolute Gasteiger partial charge is 1.00 e. The molecule has 1 saturated carbocycles. The Morgan fingerprint density at radius 2 is 1.73 bits per heavy atom. The van der Waals surface area contributed by atoms with E-state index >= 15 is 0 Å². The minimum absolute atomic E-state index is 0.